The molecule has 1 aromatic heterocycles. The molecule has 0 fully saturated rings. The minimum Gasteiger partial charge on any atom is -0.493 e. The van der Waals surface area contributed by atoms with Crippen molar-refractivity contribution < 1.29 is 13.9 Å². The summed E-state index contributed by atoms with van der Waals surface area (Å²) in [6.45, 7) is 6.61. The third-order valence-corrected chi connectivity index (χ3v) is 6.78. The van der Waals surface area contributed by atoms with Crippen LogP contribution >= 0.6 is 0 Å². The second-order valence-corrected chi connectivity index (χ2v) is 9.99. The molecule has 1 N–H and O–H groups in total. The Hall–Kier alpha value is -3.67. The third-order valence-electron chi connectivity index (χ3n) is 6.78. The number of para-hydroxylation sites is 3. The minimum atomic E-state index is -0.340. The molecule has 0 aliphatic carbocycles. The van der Waals surface area contributed by atoms with Crippen molar-refractivity contribution in [1.29, 1.82) is 0 Å². The number of hydrogen-bond donors (Lipinski definition) is 1. The SMILES string of the molecule is CC(C)c1ccccc1OCCCCn1c(CCCCCNC(=O)c2ccc(F)cc2)nc2ccccc21. The van der Waals surface area contributed by atoms with Crippen LogP contribution in [0.5, 0.6) is 5.75 Å². The van der Waals surface area contributed by atoms with Gasteiger partial charge in [-0.2, -0.15) is 0 Å². The summed E-state index contributed by atoms with van der Waals surface area (Å²) in [6.07, 6.45) is 5.79. The van der Waals surface area contributed by atoms with Crippen molar-refractivity contribution in [3.63, 3.8) is 0 Å². The van der Waals surface area contributed by atoms with Gasteiger partial charge in [-0.3, -0.25) is 4.79 Å². The van der Waals surface area contributed by atoms with Gasteiger partial charge in [0.05, 0.1) is 17.6 Å². The molecular weight excluding hydrogens is 477 g/mol. The van der Waals surface area contributed by atoms with Crippen LogP contribution in [0.25, 0.3) is 11.0 Å². The fourth-order valence-corrected chi connectivity index (χ4v) is 4.70. The number of rotatable bonds is 14. The molecule has 0 saturated carbocycles. The molecule has 1 amide bonds. The van der Waals surface area contributed by atoms with E-state index in [1.807, 2.05) is 12.1 Å². The van der Waals surface area contributed by atoms with E-state index in [2.05, 4.69) is 60.1 Å². The van der Waals surface area contributed by atoms with Crippen molar-refractivity contribution in [3.8, 4) is 5.75 Å². The lowest BCUT2D eigenvalue weighted by Crippen LogP contribution is -2.24. The van der Waals surface area contributed by atoms with E-state index in [1.54, 1.807) is 0 Å². The predicted molar refractivity (Wildman–Crippen MR) is 151 cm³/mol. The molecule has 1 heterocycles. The molecule has 0 aliphatic rings. The van der Waals surface area contributed by atoms with Crippen LogP contribution in [0.1, 0.15) is 73.6 Å². The monoisotopic (exact) mass is 515 g/mol. The maximum atomic E-state index is 13.0. The van der Waals surface area contributed by atoms with Crippen LogP contribution in [-0.2, 0) is 13.0 Å². The maximum Gasteiger partial charge on any atom is 0.251 e. The summed E-state index contributed by atoms with van der Waals surface area (Å²) in [4.78, 5) is 17.1. The summed E-state index contributed by atoms with van der Waals surface area (Å²) < 4.78 is 21.5. The average Bonchev–Trinajstić information content (AvgIpc) is 3.28. The number of carbonyl (C=O) groups is 1. The molecule has 4 rings (SSSR count). The van der Waals surface area contributed by atoms with Gasteiger partial charge in [-0.1, -0.05) is 50.6 Å². The van der Waals surface area contributed by atoms with E-state index in [1.165, 1.54) is 35.3 Å². The second-order valence-electron chi connectivity index (χ2n) is 9.99. The van der Waals surface area contributed by atoms with Crippen molar-refractivity contribution in [2.45, 2.75) is 64.8 Å². The number of benzene rings is 3. The first-order chi connectivity index (χ1) is 18.5. The largest absolute Gasteiger partial charge is 0.493 e. The van der Waals surface area contributed by atoms with Gasteiger partial charge in [0.15, 0.2) is 0 Å². The number of aromatic nitrogens is 2. The van der Waals surface area contributed by atoms with Crippen LogP contribution in [0.4, 0.5) is 4.39 Å². The molecule has 4 aromatic rings. The average molecular weight is 516 g/mol. The van der Waals surface area contributed by atoms with Gasteiger partial charge in [0.25, 0.3) is 5.91 Å². The van der Waals surface area contributed by atoms with Crippen molar-refractivity contribution in [1.82, 2.24) is 14.9 Å². The van der Waals surface area contributed by atoms with Crippen molar-refractivity contribution >= 4 is 16.9 Å². The van der Waals surface area contributed by atoms with Gasteiger partial charge in [0.1, 0.15) is 17.4 Å². The Morgan fingerprint density at radius 2 is 1.68 bits per heavy atom. The number of fused-ring (bicyclic) bond motifs is 1. The van der Waals surface area contributed by atoms with Crippen molar-refractivity contribution in [2.24, 2.45) is 0 Å². The number of amides is 1. The standard InChI is InChI=1S/C32H38FN3O2/c1-24(2)27-12-5-8-15-30(27)38-23-11-10-22-36-29-14-7-6-13-28(29)35-31(36)16-4-3-9-21-34-32(37)25-17-19-26(33)20-18-25/h5-8,12-15,17-20,24H,3-4,9-11,16,21-23H2,1-2H3,(H,34,37). The number of carbonyl (C=O) groups excluding carboxylic acids is 1. The zero-order chi connectivity index (χ0) is 26.7. The Morgan fingerprint density at radius 1 is 0.921 bits per heavy atom. The molecule has 38 heavy (non-hydrogen) atoms. The first-order valence-corrected chi connectivity index (χ1v) is 13.7. The smallest absolute Gasteiger partial charge is 0.251 e. The van der Waals surface area contributed by atoms with E-state index in [-0.39, 0.29) is 11.7 Å². The molecule has 6 heteroatoms. The van der Waals surface area contributed by atoms with E-state index in [4.69, 9.17) is 9.72 Å². The van der Waals surface area contributed by atoms with Crippen LogP contribution in [0.15, 0.2) is 72.8 Å². The fourth-order valence-electron chi connectivity index (χ4n) is 4.70. The van der Waals surface area contributed by atoms with Crippen LogP contribution in [0, 0.1) is 5.82 Å². The number of hydrogen-bond acceptors (Lipinski definition) is 3. The molecule has 200 valence electrons. The minimum absolute atomic E-state index is 0.163. The Morgan fingerprint density at radius 3 is 2.50 bits per heavy atom. The first-order valence-electron chi connectivity index (χ1n) is 13.7. The highest BCUT2D eigenvalue weighted by Gasteiger charge is 2.11. The number of nitrogens with one attached hydrogen (secondary N) is 1. The van der Waals surface area contributed by atoms with Gasteiger partial charge in [0, 0.05) is 25.1 Å². The zero-order valence-corrected chi connectivity index (χ0v) is 22.5. The summed E-state index contributed by atoms with van der Waals surface area (Å²) in [5, 5.41) is 2.92. The van der Waals surface area contributed by atoms with E-state index in [0.717, 1.165) is 62.2 Å². The van der Waals surface area contributed by atoms with E-state index < -0.39 is 0 Å². The lowest BCUT2D eigenvalue weighted by atomic mass is 10.0. The highest BCUT2D eigenvalue weighted by Crippen LogP contribution is 2.26. The molecule has 0 saturated heterocycles. The van der Waals surface area contributed by atoms with Crippen LogP contribution < -0.4 is 10.1 Å². The van der Waals surface area contributed by atoms with Gasteiger partial charge < -0.3 is 14.6 Å². The summed E-state index contributed by atoms with van der Waals surface area (Å²) in [7, 11) is 0. The zero-order valence-electron chi connectivity index (χ0n) is 22.5. The molecule has 0 unspecified atom stereocenters. The number of ether oxygens (including phenoxy) is 1. The molecule has 0 radical (unpaired) electrons. The number of halogens is 1. The Labute approximate surface area is 225 Å². The highest BCUT2D eigenvalue weighted by molar-refractivity contribution is 5.94. The normalized spacial score (nSPS) is 11.3. The quantitative estimate of drug-likeness (QED) is 0.179. The Balaban J connectivity index is 1.23. The van der Waals surface area contributed by atoms with Crippen LogP contribution in [-0.4, -0.2) is 28.6 Å². The first kappa shape index (κ1) is 27.4. The van der Waals surface area contributed by atoms with E-state index in [9.17, 15) is 9.18 Å². The van der Waals surface area contributed by atoms with E-state index >= 15 is 0 Å². The molecule has 3 aromatic carbocycles. The fraction of sp³-hybridized carbons (Fsp3) is 0.375. The van der Waals surface area contributed by atoms with Gasteiger partial charge in [-0.15, -0.1) is 0 Å². The second kappa shape index (κ2) is 13.8. The summed E-state index contributed by atoms with van der Waals surface area (Å²) in [5.74, 6) is 2.05. The number of nitrogens with zero attached hydrogens (tertiary/aromatic N) is 2. The van der Waals surface area contributed by atoms with Gasteiger partial charge >= 0.3 is 0 Å². The van der Waals surface area contributed by atoms with Crippen LogP contribution in [0.2, 0.25) is 0 Å². The lowest BCUT2D eigenvalue weighted by molar-refractivity contribution is 0.0953. The van der Waals surface area contributed by atoms with Crippen LogP contribution in [0.3, 0.4) is 0 Å². The molecule has 5 nitrogen and oxygen atoms in total. The Kier molecular flexibility index (Phi) is 9.90. The summed E-state index contributed by atoms with van der Waals surface area (Å²) >= 11 is 0. The van der Waals surface area contributed by atoms with Gasteiger partial charge in [-0.05, 0) is 79.6 Å². The molecule has 0 aliphatic heterocycles. The summed E-state index contributed by atoms with van der Waals surface area (Å²) in [5.41, 5.74) is 3.95. The topological polar surface area (TPSA) is 56.1 Å². The number of imidazole rings is 1. The van der Waals surface area contributed by atoms with E-state index in [0.29, 0.717) is 24.6 Å². The molecular formula is C32H38FN3O2. The lowest BCUT2D eigenvalue weighted by Gasteiger charge is -2.14. The predicted octanol–water partition coefficient (Wildman–Crippen LogP) is 7.30. The molecule has 0 atom stereocenters. The Bertz CT molecular complexity index is 1310. The maximum absolute atomic E-state index is 13.0. The van der Waals surface area contributed by atoms with Gasteiger partial charge in [0.2, 0.25) is 0 Å². The third kappa shape index (κ3) is 7.44. The van der Waals surface area contributed by atoms with Crippen molar-refractivity contribution in [3.05, 3.63) is 95.6 Å². The molecule has 0 bridgehead atoms. The van der Waals surface area contributed by atoms with Crippen molar-refractivity contribution in [2.75, 3.05) is 13.2 Å². The number of unbranched alkanes of at least 4 members (excludes halogenated alkanes) is 3. The number of aryl methyl sites for hydroxylation is 2. The summed E-state index contributed by atoms with van der Waals surface area (Å²) in [6, 6.07) is 22.3. The van der Waals surface area contributed by atoms with Gasteiger partial charge in [-0.25, -0.2) is 9.37 Å². The highest BCUT2D eigenvalue weighted by atomic mass is 19.1. The molecule has 0 spiro atoms.